The molecule has 1 amide bonds. The third kappa shape index (κ3) is 4.43. The molecule has 0 aromatic carbocycles. The molecule has 0 radical (unpaired) electrons. The molecule has 3 heterocycles. The highest BCUT2D eigenvalue weighted by molar-refractivity contribution is 5.75. The lowest BCUT2D eigenvalue weighted by Crippen LogP contribution is -2.52. The monoisotopic (exact) mass is 400 g/mol. The zero-order valence-electron chi connectivity index (χ0n) is 18.2. The maximum Gasteiger partial charge on any atom is 0.255 e. The fourth-order valence-electron chi connectivity index (χ4n) is 5.81. The normalized spacial score (nSPS) is 27.0. The van der Waals surface area contributed by atoms with E-state index in [9.17, 15) is 9.59 Å². The van der Waals surface area contributed by atoms with Crippen molar-refractivity contribution >= 4 is 5.91 Å². The van der Waals surface area contributed by atoms with Gasteiger partial charge in [0.25, 0.3) is 5.56 Å². The van der Waals surface area contributed by atoms with Gasteiger partial charge in [-0.2, -0.15) is 0 Å². The standard InChI is InChI=1S/C23H36N4O2/c1-23(2)8-6-19(7-9-23)26-11-16-10-18(14-26)20-5-4-17(22(29)27(20)12-16)13-25(3)15-21(24)28/h4-5,16,18-19H,6-15H2,1-3H3,(H2,24,28)/t16-,18+/m0/s1. The second-order valence-electron chi connectivity index (χ2n) is 10.5. The molecular formula is C23H36N4O2. The van der Waals surface area contributed by atoms with Crippen LogP contribution in [-0.4, -0.2) is 53.0 Å². The zero-order valence-corrected chi connectivity index (χ0v) is 18.2. The Hall–Kier alpha value is -1.66. The van der Waals surface area contributed by atoms with Crippen LogP contribution in [0, 0.1) is 11.3 Å². The highest BCUT2D eigenvalue weighted by Gasteiger charge is 2.39. The highest BCUT2D eigenvalue weighted by Crippen LogP contribution is 2.41. The molecule has 4 rings (SSSR count). The van der Waals surface area contributed by atoms with E-state index in [0.717, 1.165) is 25.2 Å². The van der Waals surface area contributed by atoms with Gasteiger partial charge in [-0.25, -0.2) is 0 Å². The molecule has 160 valence electrons. The number of aromatic nitrogens is 1. The van der Waals surface area contributed by atoms with E-state index in [0.29, 0.717) is 29.8 Å². The number of likely N-dealkylation sites (tertiary alicyclic amines) is 1. The Morgan fingerprint density at radius 1 is 1.21 bits per heavy atom. The van der Waals surface area contributed by atoms with Gasteiger partial charge in [-0.3, -0.25) is 19.4 Å². The summed E-state index contributed by atoms with van der Waals surface area (Å²) in [7, 11) is 1.83. The molecule has 1 saturated carbocycles. The molecule has 2 fully saturated rings. The van der Waals surface area contributed by atoms with Gasteiger partial charge < -0.3 is 10.3 Å². The topological polar surface area (TPSA) is 71.6 Å². The van der Waals surface area contributed by atoms with Crippen molar-refractivity contribution in [1.82, 2.24) is 14.4 Å². The Kier molecular flexibility index (Phi) is 5.60. The number of carbonyl (C=O) groups excluding carboxylic acids is 1. The Bertz CT molecular complexity index is 821. The minimum Gasteiger partial charge on any atom is -0.369 e. The van der Waals surface area contributed by atoms with Gasteiger partial charge in [-0.15, -0.1) is 0 Å². The van der Waals surface area contributed by atoms with E-state index in [4.69, 9.17) is 5.73 Å². The first-order valence-corrected chi connectivity index (χ1v) is 11.2. The van der Waals surface area contributed by atoms with Crippen molar-refractivity contribution in [3.05, 3.63) is 33.7 Å². The first-order chi connectivity index (χ1) is 13.7. The van der Waals surface area contributed by atoms with Gasteiger partial charge in [-0.05, 0) is 56.6 Å². The fraction of sp³-hybridized carbons (Fsp3) is 0.739. The van der Waals surface area contributed by atoms with E-state index in [1.54, 1.807) is 0 Å². The molecular weight excluding hydrogens is 364 g/mol. The molecule has 3 aliphatic rings. The summed E-state index contributed by atoms with van der Waals surface area (Å²) in [5.41, 5.74) is 7.85. The molecule has 1 aromatic heterocycles. The van der Waals surface area contributed by atoms with Gasteiger partial charge in [0.05, 0.1) is 6.54 Å². The lowest BCUT2D eigenvalue weighted by Gasteiger charge is -2.48. The van der Waals surface area contributed by atoms with Gasteiger partial charge >= 0.3 is 0 Å². The lowest BCUT2D eigenvalue weighted by atomic mass is 9.74. The SMILES string of the molecule is CN(CC(N)=O)Cc1ccc2n(c1=O)C[C@H]1C[C@@H]2CN(C2CCC(C)(C)CC2)C1. The average Bonchev–Trinajstić information content (AvgIpc) is 2.63. The molecule has 6 nitrogen and oxygen atoms in total. The van der Waals surface area contributed by atoms with E-state index in [2.05, 4.69) is 24.8 Å². The van der Waals surface area contributed by atoms with Crippen molar-refractivity contribution in [1.29, 1.82) is 0 Å². The van der Waals surface area contributed by atoms with Gasteiger partial charge in [0.1, 0.15) is 0 Å². The summed E-state index contributed by atoms with van der Waals surface area (Å²) in [6.45, 7) is 8.46. The van der Waals surface area contributed by atoms with Crippen molar-refractivity contribution in [3.8, 4) is 0 Å². The number of pyridine rings is 1. The van der Waals surface area contributed by atoms with Gasteiger partial charge in [0.2, 0.25) is 5.91 Å². The molecule has 1 aliphatic carbocycles. The Morgan fingerprint density at radius 2 is 1.93 bits per heavy atom. The fourth-order valence-corrected chi connectivity index (χ4v) is 5.81. The van der Waals surface area contributed by atoms with Crippen LogP contribution in [0.2, 0.25) is 0 Å². The number of carbonyl (C=O) groups is 1. The Morgan fingerprint density at radius 3 is 2.62 bits per heavy atom. The summed E-state index contributed by atoms with van der Waals surface area (Å²) >= 11 is 0. The number of rotatable bonds is 5. The summed E-state index contributed by atoms with van der Waals surface area (Å²) in [6.07, 6.45) is 6.47. The van der Waals surface area contributed by atoms with Gasteiger partial charge in [0.15, 0.2) is 0 Å². The summed E-state index contributed by atoms with van der Waals surface area (Å²) < 4.78 is 2.02. The molecule has 6 heteroatoms. The number of nitrogens with zero attached hydrogens (tertiary/aromatic N) is 3. The van der Waals surface area contributed by atoms with Crippen LogP contribution in [0.4, 0.5) is 0 Å². The number of nitrogens with two attached hydrogens (primary N) is 1. The van der Waals surface area contributed by atoms with E-state index in [1.165, 1.54) is 37.8 Å². The molecule has 29 heavy (non-hydrogen) atoms. The van der Waals surface area contributed by atoms with Gasteiger partial charge in [0, 0.05) is 49.4 Å². The largest absolute Gasteiger partial charge is 0.369 e. The second kappa shape index (κ2) is 7.88. The molecule has 2 bridgehead atoms. The number of hydrogen-bond acceptors (Lipinski definition) is 4. The van der Waals surface area contributed by atoms with Crippen LogP contribution in [0.1, 0.15) is 63.1 Å². The summed E-state index contributed by atoms with van der Waals surface area (Å²) in [5.74, 6) is 0.654. The van der Waals surface area contributed by atoms with E-state index < -0.39 is 0 Å². The van der Waals surface area contributed by atoms with Crippen LogP contribution >= 0.6 is 0 Å². The van der Waals surface area contributed by atoms with E-state index in [-0.39, 0.29) is 18.0 Å². The molecule has 2 N–H and O–H groups in total. The van der Waals surface area contributed by atoms with Crippen LogP contribution in [0.15, 0.2) is 16.9 Å². The van der Waals surface area contributed by atoms with Crippen molar-refractivity contribution in [2.75, 3.05) is 26.7 Å². The predicted molar refractivity (Wildman–Crippen MR) is 115 cm³/mol. The van der Waals surface area contributed by atoms with Gasteiger partial charge in [-0.1, -0.05) is 19.9 Å². The van der Waals surface area contributed by atoms with Crippen LogP contribution in [-0.2, 0) is 17.9 Å². The molecule has 2 aliphatic heterocycles. The Labute approximate surface area is 174 Å². The molecule has 1 aromatic rings. The number of amides is 1. The first-order valence-electron chi connectivity index (χ1n) is 11.2. The number of fused-ring (bicyclic) bond motifs is 4. The molecule has 2 atom stereocenters. The maximum absolute atomic E-state index is 13.1. The average molecular weight is 401 g/mol. The zero-order chi connectivity index (χ0) is 20.8. The predicted octanol–water partition coefficient (Wildman–Crippen LogP) is 2.15. The molecule has 1 saturated heterocycles. The van der Waals surface area contributed by atoms with Crippen LogP contribution in [0.5, 0.6) is 0 Å². The van der Waals surface area contributed by atoms with Crippen LogP contribution < -0.4 is 11.3 Å². The second-order valence-corrected chi connectivity index (χ2v) is 10.5. The summed E-state index contributed by atoms with van der Waals surface area (Å²) in [5, 5.41) is 0. The molecule has 0 unspecified atom stereocenters. The Balaban J connectivity index is 1.49. The minimum absolute atomic E-state index is 0.112. The smallest absolute Gasteiger partial charge is 0.255 e. The summed E-state index contributed by atoms with van der Waals surface area (Å²) in [4.78, 5) is 28.8. The van der Waals surface area contributed by atoms with Crippen molar-refractivity contribution in [3.63, 3.8) is 0 Å². The lowest BCUT2D eigenvalue weighted by molar-refractivity contribution is -0.118. The van der Waals surface area contributed by atoms with Crippen molar-refractivity contribution in [2.24, 2.45) is 17.1 Å². The molecule has 0 spiro atoms. The third-order valence-corrected chi connectivity index (χ3v) is 7.40. The van der Waals surface area contributed by atoms with E-state index in [1.807, 2.05) is 22.6 Å². The quantitative estimate of drug-likeness (QED) is 0.822. The number of likely N-dealkylation sites (N-methyl/N-ethyl adjacent to an activating group) is 1. The van der Waals surface area contributed by atoms with E-state index >= 15 is 0 Å². The third-order valence-electron chi connectivity index (χ3n) is 7.40. The maximum atomic E-state index is 13.1. The first kappa shape index (κ1) is 20.6. The van der Waals surface area contributed by atoms with Crippen LogP contribution in [0.3, 0.4) is 0 Å². The van der Waals surface area contributed by atoms with Crippen LogP contribution in [0.25, 0.3) is 0 Å². The summed E-state index contributed by atoms with van der Waals surface area (Å²) in [6, 6.07) is 4.84. The van der Waals surface area contributed by atoms with Crippen molar-refractivity contribution < 1.29 is 4.79 Å². The number of primary amides is 1. The van der Waals surface area contributed by atoms with Crippen molar-refractivity contribution in [2.45, 2.75) is 71.0 Å². The number of hydrogen-bond donors (Lipinski definition) is 1. The minimum atomic E-state index is -0.369. The highest BCUT2D eigenvalue weighted by atomic mass is 16.1. The number of piperidine rings is 1.